The molecule has 146 valence electrons. The number of hydrogen-bond acceptors (Lipinski definition) is 6. The number of rotatable bonds is 5. The van der Waals surface area contributed by atoms with Gasteiger partial charge in [0.25, 0.3) is 0 Å². The Morgan fingerprint density at radius 3 is 2.00 bits per heavy atom. The normalized spacial score (nSPS) is 12.3. The van der Waals surface area contributed by atoms with Gasteiger partial charge in [-0.15, -0.1) is 0 Å². The molecule has 0 heterocycles. The molecule has 0 aromatic heterocycles. The third-order valence-corrected chi connectivity index (χ3v) is 8.13. The van der Waals surface area contributed by atoms with Gasteiger partial charge < -0.3 is 5.11 Å². The van der Waals surface area contributed by atoms with E-state index < -0.39 is 26.0 Å². The van der Waals surface area contributed by atoms with Gasteiger partial charge in [-0.3, -0.25) is 0 Å². The zero-order chi connectivity index (χ0) is 20.6. The van der Waals surface area contributed by atoms with E-state index in [1.54, 1.807) is 18.2 Å². The Labute approximate surface area is 198 Å². The first-order valence-corrected chi connectivity index (χ1v) is 13.4. The molecule has 2 rings (SSSR count). The molecule has 0 spiro atoms. The van der Waals surface area contributed by atoms with E-state index in [0.29, 0.717) is 5.56 Å². The van der Waals surface area contributed by atoms with Gasteiger partial charge in [-0.2, -0.15) is 0 Å². The molecule has 0 saturated carbocycles. The van der Waals surface area contributed by atoms with Crippen molar-refractivity contribution >= 4 is 98.2 Å². The zero-order valence-corrected chi connectivity index (χ0v) is 21.9. The van der Waals surface area contributed by atoms with Crippen molar-refractivity contribution in [2.75, 3.05) is 0 Å². The van der Waals surface area contributed by atoms with Crippen LogP contribution in [0.1, 0.15) is 17.3 Å². The average molecular weight is 775 g/mol. The molecular formula is C15H13AsI3NO7. The van der Waals surface area contributed by atoms with Crippen LogP contribution in [0.25, 0.3) is 0 Å². The summed E-state index contributed by atoms with van der Waals surface area (Å²) in [4.78, 5) is 21.3. The molecule has 1 atom stereocenters. The van der Waals surface area contributed by atoms with Gasteiger partial charge in [0.1, 0.15) is 0 Å². The standard InChI is InChI=1S/C8H10AsNO5.C7H3I3O2/c1-7(11)10-14-9(12,15-13)8-5-3-2-4-6-8;8-3-1-4(9)6(7(11)12)5(10)2-3/h2-6,13H,1H3,(H,10,11);1-2H,(H,11,12). The summed E-state index contributed by atoms with van der Waals surface area (Å²) >= 11 is 1.69. The summed E-state index contributed by atoms with van der Waals surface area (Å²) in [7, 11) is 0. The first-order valence-electron chi connectivity index (χ1n) is 6.92. The summed E-state index contributed by atoms with van der Waals surface area (Å²) in [5.41, 5.74) is 2.28. The number of amides is 1. The van der Waals surface area contributed by atoms with Crippen LogP contribution in [0.15, 0.2) is 42.5 Å². The number of benzene rings is 2. The predicted molar refractivity (Wildman–Crippen MR) is 123 cm³/mol. The van der Waals surface area contributed by atoms with E-state index in [-0.39, 0.29) is 4.35 Å². The molecule has 0 fully saturated rings. The van der Waals surface area contributed by atoms with Crippen LogP contribution in [0.4, 0.5) is 0 Å². The second kappa shape index (κ2) is 11.7. The Morgan fingerprint density at radius 2 is 1.59 bits per heavy atom. The molecular weight excluding hydrogens is 762 g/mol. The summed E-state index contributed by atoms with van der Waals surface area (Å²) in [5.74, 6) is -1.40. The third kappa shape index (κ3) is 7.98. The van der Waals surface area contributed by atoms with E-state index in [0.717, 1.165) is 10.7 Å². The minimum atomic E-state index is -4.55. The molecule has 0 bridgehead atoms. The van der Waals surface area contributed by atoms with Gasteiger partial charge in [0.2, 0.25) is 0 Å². The van der Waals surface area contributed by atoms with Crippen molar-refractivity contribution in [3.05, 3.63) is 58.7 Å². The van der Waals surface area contributed by atoms with Crippen molar-refractivity contribution in [2.45, 2.75) is 6.92 Å². The molecule has 2 aromatic rings. The zero-order valence-electron chi connectivity index (χ0n) is 13.6. The maximum Gasteiger partial charge on any atom is 0.337 e. The van der Waals surface area contributed by atoms with Crippen LogP contribution < -0.4 is 9.83 Å². The van der Waals surface area contributed by atoms with Gasteiger partial charge in [0.15, 0.2) is 0 Å². The number of hydroxylamine groups is 1. The second-order valence-corrected chi connectivity index (χ2v) is 12.2. The first-order chi connectivity index (χ1) is 12.6. The van der Waals surface area contributed by atoms with Gasteiger partial charge >= 0.3 is 94.6 Å². The topological polar surface area (TPSA) is 122 Å². The fourth-order valence-electron chi connectivity index (χ4n) is 1.60. The van der Waals surface area contributed by atoms with Crippen molar-refractivity contribution in [2.24, 2.45) is 0 Å². The second-order valence-electron chi connectivity index (χ2n) is 4.71. The number of carbonyl (C=O) groups excluding carboxylic acids is 1. The minimum Gasteiger partial charge on any atom is -0.478 e. The van der Waals surface area contributed by atoms with Gasteiger partial charge in [0, 0.05) is 10.7 Å². The van der Waals surface area contributed by atoms with Crippen LogP contribution >= 0.6 is 67.8 Å². The van der Waals surface area contributed by atoms with Crippen LogP contribution in [0, 0.1) is 10.7 Å². The van der Waals surface area contributed by atoms with Crippen molar-refractivity contribution < 1.29 is 31.4 Å². The monoisotopic (exact) mass is 775 g/mol. The first kappa shape index (κ1) is 24.8. The van der Waals surface area contributed by atoms with Crippen molar-refractivity contribution in [3.63, 3.8) is 0 Å². The molecule has 2 aromatic carbocycles. The third-order valence-electron chi connectivity index (χ3n) is 2.71. The van der Waals surface area contributed by atoms with Crippen LogP contribution in [-0.4, -0.2) is 36.4 Å². The number of hydrogen-bond donors (Lipinski definition) is 3. The predicted octanol–water partition coefficient (Wildman–Crippen LogP) is 3.02. The molecule has 0 aliphatic carbocycles. The van der Waals surface area contributed by atoms with Gasteiger partial charge in [-0.1, -0.05) is 0 Å². The van der Waals surface area contributed by atoms with Crippen LogP contribution in [0.2, 0.25) is 0 Å². The molecule has 1 amide bonds. The number of carboxylic acids is 1. The molecule has 0 saturated heterocycles. The van der Waals surface area contributed by atoms with E-state index in [1.807, 2.05) is 62.8 Å². The smallest absolute Gasteiger partial charge is 0.337 e. The number of carboxylic acid groups (broad SMARTS) is 1. The molecule has 1 unspecified atom stereocenters. The number of aromatic carboxylic acids is 1. The molecule has 3 N–H and O–H groups in total. The summed E-state index contributed by atoms with van der Waals surface area (Å²) in [6.45, 7) is 1.18. The van der Waals surface area contributed by atoms with E-state index >= 15 is 0 Å². The quantitative estimate of drug-likeness (QED) is 0.185. The summed E-state index contributed by atoms with van der Waals surface area (Å²) < 4.78 is 23.1. The van der Waals surface area contributed by atoms with Gasteiger partial charge in [-0.25, -0.2) is 4.79 Å². The largest absolute Gasteiger partial charge is 0.478 e. The summed E-state index contributed by atoms with van der Waals surface area (Å²) in [6.07, 6.45) is 0. The number of nitrogens with one attached hydrogen (secondary N) is 1. The van der Waals surface area contributed by atoms with Crippen LogP contribution in [0.5, 0.6) is 0 Å². The Kier molecular flexibility index (Phi) is 10.8. The van der Waals surface area contributed by atoms with E-state index in [9.17, 15) is 13.3 Å². The molecule has 12 heteroatoms. The van der Waals surface area contributed by atoms with E-state index in [4.69, 9.17) is 10.4 Å². The van der Waals surface area contributed by atoms with Crippen molar-refractivity contribution in [3.8, 4) is 0 Å². The van der Waals surface area contributed by atoms with Gasteiger partial charge in [0.05, 0.1) is 5.56 Å². The van der Waals surface area contributed by atoms with Crippen LogP contribution in [0.3, 0.4) is 0 Å². The van der Waals surface area contributed by atoms with Crippen molar-refractivity contribution in [1.29, 1.82) is 0 Å². The van der Waals surface area contributed by atoms with Gasteiger partial charge in [-0.05, 0) is 79.9 Å². The SMILES string of the molecule is CC(=O)NO[As](=O)(OO)c1ccccc1.O=C(O)c1c(I)cc(I)cc1I. The Morgan fingerprint density at radius 1 is 1.07 bits per heavy atom. The maximum atomic E-state index is 11.8. The number of carbonyl (C=O) groups is 2. The maximum absolute atomic E-state index is 11.8. The molecule has 0 radical (unpaired) electrons. The van der Waals surface area contributed by atoms with Crippen molar-refractivity contribution in [1.82, 2.24) is 5.48 Å². The Hall–Kier alpha value is -0.192. The Balaban J connectivity index is 0.000000277. The molecule has 0 aliphatic rings. The minimum absolute atomic E-state index is 0.201. The fourth-order valence-corrected chi connectivity index (χ4v) is 7.78. The van der Waals surface area contributed by atoms with Crippen LogP contribution in [-0.2, 0) is 16.2 Å². The fraction of sp³-hybridized carbons (Fsp3) is 0.0667. The summed E-state index contributed by atoms with van der Waals surface area (Å²) in [6, 6.07) is 11.6. The molecule has 0 aliphatic heterocycles. The van der Waals surface area contributed by atoms with E-state index in [1.165, 1.54) is 19.1 Å². The average Bonchev–Trinajstić information content (AvgIpc) is 2.59. The number of halogens is 3. The molecule has 27 heavy (non-hydrogen) atoms. The summed E-state index contributed by atoms with van der Waals surface area (Å²) in [5, 5.41) is 17.4. The molecule has 8 nitrogen and oxygen atoms in total. The van der Waals surface area contributed by atoms with E-state index in [2.05, 4.69) is 30.3 Å². The Bertz CT molecular complexity index is 841.